The van der Waals surface area contributed by atoms with E-state index < -0.39 is 17.1 Å². The van der Waals surface area contributed by atoms with Crippen molar-refractivity contribution in [3.05, 3.63) is 114 Å². The number of halogens is 2. The van der Waals surface area contributed by atoms with Gasteiger partial charge in [0, 0.05) is 5.56 Å². The zero-order valence-electron chi connectivity index (χ0n) is 13.4. The first kappa shape index (κ1) is 16.6. The minimum Gasteiger partial charge on any atom is -0.206 e. The molecular formula is C22H15F2N. The molecule has 3 heteroatoms. The molecule has 0 amide bonds. The Labute approximate surface area is 145 Å². The Morgan fingerprint density at radius 3 is 1.48 bits per heavy atom. The van der Waals surface area contributed by atoms with Crippen LogP contribution in [0.25, 0.3) is 5.83 Å². The van der Waals surface area contributed by atoms with E-state index in [4.69, 9.17) is 0 Å². The monoisotopic (exact) mass is 331 g/mol. The molecule has 0 saturated carbocycles. The summed E-state index contributed by atoms with van der Waals surface area (Å²) < 4.78 is 30.4. The second-order valence-electron chi connectivity index (χ2n) is 5.59. The molecule has 0 spiro atoms. The molecule has 1 nitrogen and oxygen atoms in total. The minimum absolute atomic E-state index is 0.103. The van der Waals surface area contributed by atoms with Gasteiger partial charge in [0.2, 0.25) is 0 Å². The Morgan fingerprint density at radius 2 is 1.08 bits per heavy atom. The molecule has 0 unspecified atom stereocenters. The average molecular weight is 331 g/mol. The molecule has 0 saturated heterocycles. The van der Waals surface area contributed by atoms with Crippen LogP contribution in [0.15, 0.2) is 96.8 Å². The van der Waals surface area contributed by atoms with Crippen LogP contribution in [-0.2, 0) is 5.41 Å². The van der Waals surface area contributed by atoms with E-state index in [0.29, 0.717) is 11.1 Å². The summed E-state index contributed by atoms with van der Waals surface area (Å²) in [5.41, 5.74) is -0.978. The molecule has 3 rings (SSSR count). The summed E-state index contributed by atoms with van der Waals surface area (Å²) in [5.74, 6) is -2.14. The van der Waals surface area contributed by atoms with Crippen molar-refractivity contribution in [2.75, 3.05) is 0 Å². The predicted octanol–water partition coefficient (Wildman–Crippen LogP) is 5.80. The number of nitrogens with zero attached hydrogens (tertiary/aromatic N) is 1. The van der Waals surface area contributed by atoms with Crippen molar-refractivity contribution in [2.45, 2.75) is 5.41 Å². The quantitative estimate of drug-likeness (QED) is 0.592. The van der Waals surface area contributed by atoms with Crippen molar-refractivity contribution in [3.8, 4) is 6.07 Å². The van der Waals surface area contributed by atoms with Crippen molar-refractivity contribution in [3.63, 3.8) is 0 Å². The number of nitriles is 1. The molecule has 0 atom stereocenters. The van der Waals surface area contributed by atoms with Crippen LogP contribution in [0, 0.1) is 11.3 Å². The molecule has 0 heterocycles. The lowest BCUT2D eigenvalue weighted by Crippen LogP contribution is -2.27. The van der Waals surface area contributed by atoms with Gasteiger partial charge in [0.05, 0.1) is 6.07 Å². The highest BCUT2D eigenvalue weighted by Gasteiger charge is 2.42. The molecule has 0 aromatic heterocycles. The molecule has 25 heavy (non-hydrogen) atoms. The molecule has 0 N–H and O–H groups in total. The van der Waals surface area contributed by atoms with Crippen LogP contribution in [-0.4, -0.2) is 0 Å². The number of rotatable bonds is 4. The van der Waals surface area contributed by atoms with E-state index in [-0.39, 0.29) is 5.56 Å². The molecule has 0 fully saturated rings. The van der Waals surface area contributed by atoms with Crippen molar-refractivity contribution >= 4 is 5.83 Å². The summed E-state index contributed by atoms with van der Waals surface area (Å²) in [6.45, 7) is 0. The SMILES string of the molecule is N#CC(C(F)=C(F)c1ccccc1)(c1ccccc1)c1ccccc1. The second kappa shape index (κ2) is 7.11. The Morgan fingerprint density at radius 1 is 0.680 bits per heavy atom. The largest absolute Gasteiger partial charge is 0.206 e. The van der Waals surface area contributed by atoms with Gasteiger partial charge in [-0.15, -0.1) is 0 Å². The van der Waals surface area contributed by atoms with Gasteiger partial charge in [-0.05, 0) is 11.1 Å². The summed E-state index contributed by atoms with van der Waals surface area (Å²) in [7, 11) is 0. The van der Waals surface area contributed by atoms with Crippen LogP contribution >= 0.6 is 0 Å². The molecule has 0 aliphatic carbocycles. The standard InChI is InChI=1S/C22H15F2N/c23-20(17-10-4-1-5-11-17)21(24)22(16-25,18-12-6-2-7-13-18)19-14-8-3-9-15-19/h1-15H. The Bertz CT molecular complexity index is 871. The van der Waals surface area contributed by atoms with Gasteiger partial charge in [0.15, 0.2) is 17.1 Å². The molecular weight excluding hydrogens is 316 g/mol. The molecule has 122 valence electrons. The fraction of sp³-hybridized carbons (Fsp3) is 0.0455. The third kappa shape index (κ3) is 2.95. The van der Waals surface area contributed by atoms with E-state index >= 15 is 4.39 Å². The van der Waals surface area contributed by atoms with Crippen LogP contribution in [0.4, 0.5) is 8.78 Å². The topological polar surface area (TPSA) is 23.8 Å². The Hall–Kier alpha value is -3.25. The fourth-order valence-electron chi connectivity index (χ4n) is 2.85. The normalized spacial score (nSPS) is 12.2. The summed E-state index contributed by atoms with van der Waals surface area (Å²) >= 11 is 0. The van der Waals surface area contributed by atoms with Crippen LogP contribution in [0.1, 0.15) is 16.7 Å². The lowest BCUT2D eigenvalue weighted by molar-refractivity contribution is 0.506. The second-order valence-corrected chi connectivity index (χ2v) is 5.59. The van der Waals surface area contributed by atoms with Crippen molar-refractivity contribution in [1.29, 1.82) is 5.26 Å². The van der Waals surface area contributed by atoms with Crippen molar-refractivity contribution in [1.82, 2.24) is 0 Å². The number of hydrogen-bond acceptors (Lipinski definition) is 1. The summed E-state index contributed by atoms with van der Waals surface area (Å²) in [4.78, 5) is 0. The first-order valence-corrected chi connectivity index (χ1v) is 7.83. The maximum absolute atomic E-state index is 15.5. The van der Waals surface area contributed by atoms with Gasteiger partial charge >= 0.3 is 0 Å². The van der Waals surface area contributed by atoms with Gasteiger partial charge in [-0.1, -0.05) is 91.0 Å². The van der Waals surface area contributed by atoms with E-state index in [9.17, 15) is 9.65 Å². The third-order valence-corrected chi connectivity index (χ3v) is 4.13. The van der Waals surface area contributed by atoms with Crippen LogP contribution < -0.4 is 0 Å². The highest BCUT2D eigenvalue weighted by atomic mass is 19.2. The highest BCUT2D eigenvalue weighted by molar-refractivity contribution is 5.68. The first-order valence-electron chi connectivity index (χ1n) is 7.83. The zero-order chi connectivity index (χ0) is 17.7. The summed E-state index contributed by atoms with van der Waals surface area (Å²) in [5, 5.41) is 9.96. The van der Waals surface area contributed by atoms with Gasteiger partial charge in [0.25, 0.3) is 0 Å². The van der Waals surface area contributed by atoms with E-state index in [2.05, 4.69) is 0 Å². The Balaban J connectivity index is 2.31. The fourth-order valence-corrected chi connectivity index (χ4v) is 2.85. The molecule has 3 aromatic rings. The van der Waals surface area contributed by atoms with Gasteiger partial charge in [-0.2, -0.15) is 5.26 Å². The molecule has 0 bridgehead atoms. The predicted molar refractivity (Wildman–Crippen MR) is 94.9 cm³/mol. The highest BCUT2D eigenvalue weighted by Crippen LogP contribution is 2.43. The van der Waals surface area contributed by atoms with Gasteiger partial charge in [0.1, 0.15) is 0 Å². The van der Waals surface area contributed by atoms with Crippen molar-refractivity contribution < 1.29 is 8.78 Å². The maximum atomic E-state index is 15.5. The molecule has 0 aliphatic rings. The van der Waals surface area contributed by atoms with Crippen LogP contribution in [0.2, 0.25) is 0 Å². The lowest BCUT2D eigenvalue weighted by atomic mass is 9.74. The smallest absolute Gasteiger partial charge is 0.165 e. The number of hydrogen-bond donors (Lipinski definition) is 0. The molecule has 0 aliphatic heterocycles. The average Bonchev–Trinajstić information content (AvgIpc) is 2.70. The zero-order valence-corrected chi connectivity index (χ0v) is 13.4. The third-order valence-electron chi connectivity index (χ3n) is 4.13. The van der Waals surface area contributed by atoms with Gasteiger partial charge in [-0.25, -0.2) is 8.78 Å². The van der Waals surface area contributed by atoms with E-state index in [1.807, 2.05) is 6.07 Å². The van der Waals surface area contributed by atoms with E-state index in [1.165, 1.54) is 12.1 Å². The van der Waals surface area contributed by atoms with Crippen LogP contribution in [0.5, 0.6) is 0 Å². The summed E-state index contributed by atoms with van der Waals surface area (Å²) in [6, 6.07) is 26.9. The summed E-state index contributed by atoms with van der Waals surface area (Å²) in [6.07, 6.45) is 0. The minimum atomic E-state index is -1.84. The molecule has 3 aromatic carbocycles. The lowest BCUT2D eigenvalue weighted by Gasteiger charge is -2.26. The first-order chi connectivity index (χ1) is 12.2. The van der Waals surface area contributed by atoms with Crippen LogP contribution in [0.3, 0.4) is 0 Å². The van der Waals surface area contributed by atoms with Gasteiger partial charge in [-0.3, -0.25) is 0 Å². The van der Waals surface area contributed by atoms with Crippen molar-refractivity contribution in [2.24, 2.45) is 0 Å². The Kier molecular flexibility index (Phi) is 4.72. The van der Waals surface area contributed by atoms with E-state index in [1.54, 1.807) is 78.9 Å². The number of allylic oxidation sites excluding steroid dienone is 1. The maximum Gasteiger partial charge on any atom is 0.165 e. The molecule has 0 radical (unpaired) electrons. The van der Waals surface area contributed by atoms with E-state index in [0.717, 1.165) is 0 Å². The van der Waals surface area contributed by atoms with Gasteiger partial charge < -0.3 is 0 Å². The number of benzene rings is 3.